The van der Waals surface area contributed by atoms with Crippen molar-refractivity contribution in [2.45, 2.75) is 25.3 Å². The third kappa shape index (κ3) is 3.27. The zero-order chi connectivity index (χ0) is 14.5. The highest BCUT2D eigenvalue weighted by molar-refractivity contribution is 5.95. The van der Waals surface area contributed by atoms with Crippen molar-refractivity contribution >= 4 is 17.6 Å². The number of carbonyl (C=O) groups excluding carboxylic acids is 2. The number of benzene rings is 1. The number of hydrogen-bond acceptors (Lipinski definition) is 3. The highest BCUT2D eigenvalue weighted by Gasteiger charge is 2.28. The number of nitrogens with one attached hydrogen (secondary N) is 1. The highest BCUT2D eigenvalue weighted by atomic mass is 16.3. The van der Waals surface area contributed by atoms with E-state index in [4.69, 9.17) is 10.8 Å². The van der Waals surface area contributed by atoms with Gasteiger partial charge in [-0.25, -0.2) is 4.79 Å². The monoisotopic (exact) mass is 277 g/mol. The van der Waals surface area contributed by atoms with Crippen LogP contribution < -0.4 is 11.1 Å². The first kappa shape index (κ1) is 14.3. The number of urea groups is 1. The predicted molar refractivity (Wildman–Crippen MR) is 75.4 cm³/mol. The van der Waals surface area contributed by atoms with Crippen molar-refractivity contribution in [2.24, 2.45) is 5.73 Å². The molecule has 108 valence electrons. The number of primary amides is 1. The fourth-order valence-electron chi connectivity index (χ4n) is 2.26. The summed E-state index contributed by atoms with van der Waals surface area (Å²) in [5.74, 6) is -0.0885. The summed E-state index contributed by atoms with van der Waals surface area (Å²) in [6, 6.07) is 6.16. The Bertz CT molecular complexity index is 483. The third-order valence-corrected chi connectivity index (χ3v) is 3.52. The highest BCUT2D eigenvalue weighted by Crippen LogP contribution is 2.26. The van der Waals surface area contributed by atoms with E-state index < -0.39 is 6.03 Å². The van der Waals surface area contributed by atoms with E-state index in [9.17, 15) is 9.59 Å². The Morgan fingerprint density at radius 1 is 1.30 bits per heavy atom. The van der Waals surface area contributed by atoms with Gasteiger partial charge in [0.1, 0.15) is 0 Å². The number of amides is 3. The minimum atomic E-state index is -0.638. The Kier molecular flexibility index (Phi) is 4.57. The van der Waals surface area contributed by atoms with Crippen LogP contribution in [0.25, 0.3) is 0 Å². The normalized spacial score (nSPS) is 14.4. The smallest absolute Gasteiger partial charge is 0.316 e. The van der Waals surface area contributed by atoms with Crippen LogP contribution in [-0.4, -0.2) is 41.1 Å². The molecule has 1 aliphatic rings. The lowest BCUT2D eigenvalue weighted by molar-refractivity contribution is 0.0526. The molecule has 0 heterocycles. The minimum absolute atomic E-state index is 0.0381. The minimum Gasteiger partial charge on any atom is -0.395 e. The average Bonchev–Trinajstić information content (AvgIpc) is 2.35. The van der Waals surface area contributed by atoms with E-state index >= 15 is 0 Å². The van der Waals surface area contributed by atoms with Gasteiger partial charge in [0, 0.05) is 23.8 Å². The third-order valence-electron chi connectivity index (χ3n) is 3.52. The molecule has 0 atom stereocenters. The van der Waals surface area contributed by atoms with Crippen molar-refractivity contribution in [3.8, 4) is 0 Å². The van der Waals surface area contributed by atoms with Gasteiger partial charge in [-0.15, -0.1) is 0 Å². The molecule has 6 heteroatoms. The molecule has 1 aromatic rings. The number of rotatable bonds is 5. The lowest BCUT2D eigenvalue weighted by Crippen LogP contribution is -2.45. The predicted octanol–water partition coefficient (Wildman–Crippen LogP) is 1.16. The zero-order valence-electron chi connectivity index (χ0n) is 11.2. The maximum Gasteiger partial charge on any atom is 0.316 e. The molecule has 1 saturated carbocycles. The molecule has 3 amide bonds. The number of aliphatic hydroxyl groups excluding tert-OH is 1. The van der Waals surface area contributed by atoms with Gasteiger partial charge in [0.2, 0.25) is 0 Å². The first-order chi connectivity index (χ1) is 9.61. The lowest BCUT2D eigenvalue weighted by Gasteiger charge is -2.37. The Balaban J connectivity index is 2.08. The second kappa shape index (κ2) is 6.38. The molecule has 0 spiro atoms. The lowest BCUT2D eigenvalue weighted by atomic mass is 9.91. The largest absolute Gasteiger partial charge is 0.395 e. The Morgan fingerprint density at radius 3 is 2.40 bits per heavy atom. The fraction of sp³-hybridized carbons (Fsp3) is 0.429. The summed E-state index contributed by atoms with van der Waals surface area (Å²) in [7, 11) is 0. The molecule has 0 saturated heterocycles. The number of aliphatic hydroxyl groups is 1. The number of nitrogens with zero attached hydrogens (tertiary/aromatic N) is 1. The molecule has 1 fully saturated rings. The average molecular weight is 277 g/mol. The van der Waals surface area contributed by atoms with Crippen LogP contribution in [0.15, 0.2) is 24.3 Å². The molecule has 0 aromatic heterocycles. The quantitative estimate of drug-likeness (QED) is 0.753. The van der Waals surface area contributed by atoms with Gasteiger partial charge < -0.3 is 21.1 Å². The van der Waals surface area contributed by atoms with Gasteiger partial charge in [-0.1, -0.05) is 0 Å². The summed E-state index contributed by atoms with van der Waals surface area (Å²) < 4.78 is 0. The van der Waals surface area contributed by atoms with Crippen molar-refractivity contribution in [1.82, 2.24) is 4.90 Å². The number of anilines is 1. The molecule has 1 aliphatic carbocycles. The number of hydrogen-bond donors (Lipinski definition) is 3. The maximum absolute atomic E-state index is 12.4. The zero-order valence-corrected chi connectivity index (χ0v) is 11.2. The van der Waals surface area contributed by atoms with Crippen LogP contribution in [0.1, 0.15) is 29.6 Å². The van der Waals surface area contributed by atoms with E-state index in [-0.39, 0.29) is 18.6 Å². The van der Waals surface area contributed by atoms with E-state index in [1.807, 2.05) is 0 Å². The van der Waals surface area contributed by atoms with Crippen LogP contribution in [0.5, 0.6) is 0 Å². The first-order valence-electron chi connectivity index (χ1n) is 6.70. The van der Waals surface area contributed by atoms with Crippen molar-refractivity contribution in [1.29, 1.82) is 0 Å². The molecule has 0 radical (unpaired) electrons. The summed E-state index contributed by atoms with van der Waals surface area (Å²) in [4.78, 5) is 24.9. The summed E-state index contributed by atoms with van der Waals surface area (Å²) in [6.07, 6.45) is 3.11. The number of nitrogens with two attached hydrogens (primary N) is 1. The Labute approximate surface area is 117 Å². The van der Waals surface area contributed by atoms with Crippen molar-refractivity contribution < 1.29 is 14.7 Å². The van der Waals surface area contributed by atoms with Crippen LogP contribution in [0.2, 0.25) is 0 Å². The van der Waals surface area contributed by atoms with Crippen LogP contribution in [0.4, 0.5) is 10.5 Å². The standard InChI is InChI=1S/C14H19N3O3/c15-14(20)16-11-6-4-10(5-7-11)13(19)17(8-9-18)12-2-1-3-12/h4-7,12,18H,1-3,8-9H2,(H3,15,16,20). The molecule has 20 heavy (non-hydrogen) atoms. The molecular formula is C14H19N3O3. The van der Waals surface area contributed by atoms with E-state index in [0.717, 1.165) is 19.3 Å². The van der Waals surface area contributed by atoms with Gasteiger partial charge in [-0.2, -0.15) is 0 Å². The van der Waals surface area contributed by atoms with E-state index in [1.54, 1.807) is 29.2 Å². The van der Waals surface area contributed by atoms with E-state index in [0.29, 0.717) is 17.8 Å². The Morgan fingerprint density at radius 2 is 1.95 bits per heavy atom. The van der Waals surface area contributed by atoms with Crippen molar-refractivity contribution in [3.63, 3.8) is 0 Å². The molecule has 6 nitrogen and oxygen atoms in total. The molecule has 4 N–H and O–H groups in total. The summed E-state index contributed by atoms with van der Waals surface area (Å²) in [5, 5.41) is 11.5. The maximum atomic E-state index is 12.4. The van der Waals surface area contributed by atoms with Crippen molar-refractivity contribution in [2.75, 3.05) is 18.5 Å². The van der Waals surface area contributed by atoms with Gasteiger partial charge in [-0.05, 0) is 43.5 Å². The van der Waals surface area contributed by atoms with E-state index in [1.165, 1.54) is 0 Å². The van der Waals surface area contributed by atoms with Gasteiger partial charge in [-0.3, -0.25) is 4.79 Å². The summed E-state index contributed by atoms with van der Waals surface area (Å²) >= 11 is 0. The first-order valence-corrected chi connectivity index (χ1v) is 6.70. The molecule has 0 unspecified atom stereocenters. The van der Waals surface area contributed by atoms with Crippen LogP contribution in [-0.2, 0) is 0 Å². The van der Waals surface area contributed by atoms with Crippen LogP contribution in [0, 0.1) is 0 Å². The summed E-state index contributed by atoms with van der Waals surface area (Å²) in [6.45, 7) is 0.314. The van der Waals surface area contributed by atoms with Gasteiger partial charge in [0.05, 0.1) is 6.61 Å². The molecular weight excluding hydrogens is 258 g/mol. The topological polar surface area (TPSA) is 95.7 Å². The van der Waals surface area contributed by atoms with Gasteiger partial charge >= 0.3 is 6.03 Å². The molecule has 0 aliphatic heterocycles. The number of carbonyl (C=O) groups is 2. The molecule has 2 rings (SSSR count). The molecule has 1 aromatic carbocycles. The van der Waals surface area contributed by atoms with Gasteiger partial charge in [0.25, 0.3) is 5.91 Å². The fourth-order valence-corrected chi connectivity index (χ4v) is 2.26. The second-order valence-electron chi connectivity index (χ2n) is 4.87. The molecule has 0 bridgehead atoms. The van der Waals surface area contributed by atoms with Crippen molar-refractivity contribution in [3.05, 3.63) is 29.8 Å². The second-order valence-corrected chi connectivity index (χ2v) is 4.87. The SMILES string of the molecule is NC(=O)Nc1ccc(C(=O)N(CCO)C2CCC2)cc1. The Hall–Kier alpha value is -2.08. The van der Waals surface area contributed by atoms with Gasteiger partial charge in [0.15, 0.2) is 0 Å². The van der Waals surface area contributed by atoms with E-state index in [2.05, 4.69) is 5.32 Å². The van der Waals surface area contributed by atoms with Crippen LogP contribution >= 0.6 is 0 Å². The summed E-state index contributed by atoms with van der Waals surface area (Å²) in [5.41, 5.74) is 6.11. The van der Waals surface area contributed by atoms with Crippen LogP contribution in [0.3, 0.4) is 0 Å².